The number of amides is 1. The van der Waals surface area contributed by atoms with Crippen molar-refractivity contribution in [1.82, 2.24) is 0 Å². The van der Waals surface area contributed by atoms with Gasteiger partial charge in [-0.1, -0.05) is 96.8 Å². The topological polar surface area (TPSA) is 104 Å². The molecule has 0 spiro atoms. The van der Waals surface area contributed by atoms with Gasteiger partial charge in [0.1, 0.15) is 17.1 Å². The largest absolute Gasteiger partial charge is 0.507 e. The van der Waals surface area contributed by atoms with Crippen LogP contribution in [-0.4, -0.2) is 38.4 Å². The van der Waals surface area contributed by atoms with Crippen LogP contribution >= 0.6 is 11.8 Å². The number of carbonyl (C=O) groups excluding carboxylic acids is 2. The molecule has 0 aromatic heterocycles. The van der Waals surface area contributed by atoms with Crippen LogP contribution in [0.4, 0.5) is 5.69 Å². The van der Waals surface area contributed by atoms with Gasteiger partial charge in [-0.15, -0.1) is 11.8 Å². The average Bonchev–Trinajstić information content (AvgIpc) is 3.01. The highest BCUT2D eigenvalue weighted by atomic mass is 32.2. The standard InChI is InChI=1S/C38H59NO5S/c1-6-9-10-11-12-13-14-15-16-17-18-19-20-21-22-23-26-45-38(7-2,8-3)35(41)28-31(27-30(4)5)36(42)39-32-24-25-34(40)33(29-32)37(43)44/h9-10,12-13,15-16,24-25,29-31,40H,6-8,11,14,17-23,26-28H2,1-5H3,(H,39,42)(H,43,44)/b10-9-,13-12-,16-15-. The summed E-state index contributed by atoms with van der Waals surface area (Å²) in [4.78, 5) is 38.4. The van der Waals surface area contributed by atoms with Gasteiger partial charge in [-0.3, -0.25) is 9.59 Å². The summed E-state index contributed by atoms with van der Waals surface area (Å²) in [5.74, 6) is -1.19. The second-order valence-corrected chi connectivity index (χ2v) is 13.7. The maximum atomic E-state index is 13.7. The number of aromatic hydroxyl groups is 1. The number of carboxylic acids is 1. The number of ketones is 1. The van der Waals surface area contributed by atoms with Gasteiger partial charge in [0.15, 0.2) is 0 Å². The van der Waals surface area contributed by atoms with E-state index < -0.39 is 16.6 Å². The van der Waals surface area contributed by atoms with Crippen molar-refractivity contribution < 1.29 is 24.6 Å². The van der Waals surface area contributed by atoms with Gasteiger partial charge in [0, 0.05) is 18.0 Å². The van der Waals surface area contributed by atoms with Crippen LogP contribution < -0.4 is 5.32 Å². The number of carboxylic acid groups (broad SMARTS) is 1. The number of thioether (sulfide) groups is 1. The molecule has 7 heteroatoms. The zero-order chi connectivity index (χ0) is 33.5. The van der Waals surface area contributed by atoms with Gasteiger partial charge in [-0.05, 0) is 87.7 Å². The predicted molar refractivity (Wildman–Crippen MR) is 191 cm³/mol. The van der Waals surface area contributed by atoms with E-state index in [2.05, 4.69) is 62.5 Å². The van der Waals surface area contributed by atoms with Gasteiger partial charge >= 0.3 is 5.97 Å². The van der Waals surface area contributed by atoms with Gasteiger partial charge < -0.3 is 15.5 Å². The molecule has 252 valence electrons. The summed E-state index contributed by atoms with van der Waals surface area (Å²) in [6, 6.07) is 3.97. The van der Waals surface area contributed by atoms with Crippen LogP contribution in [0.1, 0.15) is 135 Å². The molecule has 0 radical (unpaired) electrons. The SMILES string of the molecule is CC/C=C\C/C=C\C/C=C\CCCCCCCCSC(CC)(CC)C(=O)CC(CC(C)C)C(=O)Nc1ccc(O)c(C(=O)O)c1. The van der Waals surface area contributed by atoms with Crippen molar-refractivity contribution in [3.8, 4) is 5.75 Å². The maximum Gasteiger partial charge on any atom is 0.339 e. The van der Waals surface area contributed by atoms with Gasteiger partial charge in [0.25, 0.3) is 0 Å². The van der Waals surface area contributed by atoms with E-state index in [1.54, 1.807) is 11.8 Å². The molecule has 1 amide bonds. The first kappa shape index (κ1) is 40.2. The van der Waals surface area contributed by atoms with Crippen molar-refractivity contribution in [2.45, 2.75) is 129 Å². The third-order valence-corrected chi connectivity index (χ3v) is 9.98. The van der Waals surface area contributed by atoms with Gasteiger partial charge in [-0.25, -0.2) is 4.79 Å². The molecule has 0 aliphatic heterocycles. The van der Waals surface area contributed by atoms with E-state index in [0.29, 0.717) is 12.1 Å². The highest BCUT2D eigenvalue weighted by Gasteiger charge is 2.37. The first-order valence-electron chi connectivity index (χ1n) is 17.1. The number of carbonyl (C=O) groups is 3. The Kier molecular flexibility index (Phi) is 21.0. The number of nitrogens with one attached hydrogen (secondary N) is 1. The van der Waals surface area contributed by atoms with Crippen LogP contribution in [0.3, 0.4) is 0 Å². The molecule has 0 aliphatic rings. The highest BCUT2D eigenvalue weighted by molar-refractivity contribution is 8.01. The second-order valence-electron chi connectivity index (χ2n) is 12.2. The van der Waals surface area contributed by atoms with Crippen molar-refractivity contribution >= 4 is 35.1 Å². The number of allylic oxidation sites excluding steroid dienone is 6. The number of rotatable bonds is 25. The zero-order valence-electron chi connectivity index (χ0n) is 28.5. The fraction of sp³-hybridized carbons (Fsp3) is 0.605. The molecule has 0 fully saturated rings. The molecule has 0 saturated carbocycles. The maximum absolute atomic E-state index is 13.7. The number of unbranched alkanes of at least 4 members (excludes halogenated alkanes) is 6. The Morgan fingerprint density at radius 1 is 0.867 bits per heavy atom. The van der Waals surface area contributed by atoms with Gasteiger partial charge in [0.05, 0.1) is 4.75 Å². The van der Waals surface area contributed by atoms with Crippen LogP contribution in [-0.2, 0) is 9.59 Å². The smallest absolute Gasteiger partial charge is 0.339 e. The second kappa shape index (κ2) is 23.5. The number of Topliss-reactive ketones (excluding diaryl/α,β-unsaturated/α-hetero) is 1. The van der Waals surface area contributed by atoms with E-state index in [9.17, 15) is 24.6 Å². The molecular formula is C38H59NO5S. The summed E-state index contributed by atoms with van der Waals surface area (Å²) in [6.07, 6.45) is 27.1. The van der Waals surface area contributed by atoms with Crippen LogP contribution in [0, 0.1) is 11.8 Å². The molecule has 1 atom stereocenters. The van der Waals surface area contributed by atoms with E-state index in [0.717, 1.165) is 50.7 Å². The quantitative estimate of drug-likeness (QED) is 0.0557. The van der Waals surface area contributed by atoms with Crippen molar-refractivity contribution in [3.05, 3.63) is 60.2 Å². The van der Waals surface area contributed by atoms with Gasteiger partial charge in [-0.2, -0.15) is 0 Å². The summed E-state index contributed by atoms with van der Waals surface area (Å²) < 4.78 is -0.502. The fourth-order valence-corrected chi connectivity index (χ4v) is 6.78. The molecule has 0 heterocycles. The summed E-state index contributed by atoms with van der Waals surface area (Å²) in [5, 5.41) is 21.9. The lowest BCUT2D eigenvalue weighted by Gasteiger charge is -2.31. The van der Waals surface area contributed by atoms with Crippen LogP contribution in [0.5, 0.6) is 5.75 Å². The normalized spacial score (nSPS) is 12.9. The molecule has 45 heavy (non-hydrogen) atoms. The molecule has 1 rings (SSSR count). The Bertz CT molecular complexity index is 1100. The van der Waals surface area contributed by atoms with E-state index in [1.165, 1.54) is 50.3 Å². The average molecular weight is 642 g/mol. The number of benzene rings is 1. The van der Waals surface area contributed by atoms with Crippen molar-refractivity contribution in [1.29, 1.82) is 0 Å². The van der Waals surface area contributed by atoms with Crippen LogP contribution in [0.2, 0.25) is 0 Å². The van der Waals surface area contributed by atoms with E-state index in [1.807, 2.05) is 13.8 Å². The van der Waals surface area contributed by atoms with Crippen LogP contribution in [0.15, 0.2) is 54.7 Å². The lowest BCUT2D eigenvalue weighted by molar-refractivity contribution is -0.128. The molecule has 6 nitrogen and oxygen atoms in total. The first-order chi connectivity index (χ1) is 21.6. The number of anilines is 1. The zero-order valence-corrected chi connectivity index (χ0v) is 29.3. The van der Waals surface area contributed by atoms with E-state index in [4.69, 9.17) is 0 Å². The number of hydrogen-bond acceptors (Lipinski definition) is 5. The molecule has 3 N–H and O–H groups in total. The molecule has 0 aliphatic carbocycles. The number of hydrogen-bond donors (Lipinski definition) is 3. The lowest BCUT2D eigenvalue weighted by Crippen LogP contribution is -2.38. The summed E-state index contributed by atoms with van der Waals surface area (Å²) in [6.45, 7) is 10.3. The molecule has 1 unspecified atom stereocenters. The van der Waals surface area contributed by atoms with Crippen molar-refractivity contribution in [2.24, 2.45) is 11.8 Å². The number of phenols is 1. The Morgan fingerprint density at radius 3 is 2.07 bits per heavy atom. The predicted octanol–water partition coefficient (Wildman–Crippen LogP) is 10.5. The molecular weight excluding hydrogens is 582 g/mol. The van der Waals surface area contributed by atoms with E-state index in [-0.39, 0.29) is 35.3 Å². The minimum absolute atomic E-state index is 0.118. The molecule has 0 bridgehead atoms. The Morgan fingerprint density at radius 2 is 1.47 bits per heavy atom. The van der Waals surface area contributed by atoms with Crippen molar-refractivity contribution in [3.63, 3.8) is 0 Å². The third kappa shape index (κ3) is 16.4. The summed E-state index contributed by atoms with van der Waals surface area (Å²) in [5.41, 5.74) is 0.0116. The molecule has 0 saturated heterocycles. The third-order valence-electron chi connectivity index (χ3n) is 8.13. The highest BCUT2D eigenvalue weighted by Crippen LogP contribution is 2.37. The fourth-order valence-electron chi connectivity index (χ4n) is 5.39. The Labute approximate surface area is 277 Å². The minimum atomic E-state index is -1.27. The lowest BCUT2D eigenvalue weighted by atomic mass is 9.85. The monoisotopic (exact) mass is 641 g/mol. The Balaban J connectivity index is 2.51. The van der Waals surface area contributed by atoms with Crippen molar-refractivity contribution in [2.75, 3.05) is 11.1 Å². The first-order valence-corrected chi connectivity index (χ1v) is 18.1. The summed E-state index contributed by atoms with van der Waals surface area (Å²) >= 11 is 1.75. The summed E-state index contributed by atoms with van der Waals surface area (Å²) in [7, 11) is 0. The minimum Gasteiger partial charge on any atom is -0.507 e. The van der Waals surface area contributed by atoms with Gasteiger partial charge in [0.2, 0.25) is 5.91 Å². The number of aromatic carboxylic acids is 1. The van der Waals surface area contributed by atoms with Crippen LogP contribution in [0.25, 0.3) is 0 Å². The van der Waals surface area contributed by atoms with E-state index >= 15 is 0 Å². The molecule has 1 aromatic rings. The Hall–Kier alpha value is -2.80. The molecule has 1 aromatic carbocycles.